The Morgan fingerprint density at radius 1 is 1.50 bits per heavy atom. The molecule has 1 N–H and O–H groups in total. The molecular formula is C14H21FN2O. The number of halogens is 1. The van der Waals surface area contributed by atoms with E-state index in [1.54, 1.807) is 6.07 Å². The lowest BCUT2D eigenvalue weighted by Crippen LogP contribution is -2.30. The zero-order valence-corrected chi connectivity index (χ0v) is 11.1. The Morgan fingerprint density at radius 3 is 3.06 bits per heavy atom. The molecule has 1 saturated heterocycles. The summed E-state index contributed by atoms with van der Waals surface area (Å²) >= 11 is 0. The third-order valence-corrected chi connectivity index (χ3v) is 3.19. The summed E-state index contributed by atoms with van der Waals surface area (Å²) in [6, 6.07) is 5.47. The average molecular weight is 252 g/mol. The fourth-order valence-corrected chi connectivity index (χ4v) is 2.33. The van der Waals surface area contributed by atoms with E-state index in [-0.39, 0.29) is 11.9 Å². The van der Waals surface area contributed by atoms with Crippen molar-refractivity contribution in [3.8, 4) is 0 Å². The van der Waals surface area contributed by atoms with Gasteiger partial charge in [0.2, 0.25) is 0 Å². The molecule has 0 aromatic heterocycles. The maximum atomic E-state index is 14.1. The maximum Gasteiger partial charge on any atom is 0.146 e. The number of nitrogens with zero attached hydrogens (tertiary/aromatic N) is 1. The third kappa shape index (κ3) is 3.21. The van der Waals surface area contributed by atoms with Gasteiger partial charge in [-0.25, -0.2) is 4.39 Å². The third-order valence-electron chi connectivity index (χ3n) is 3.19. The molecule has 0 amide bonds. The van der Waals surface area contributed by atoms with Crippen LogP contribution in [0.5, 0.6) is 0 Å². The van der Waals surface area contributed by atoms with Gasteiger partial charge in [0.15, 0.2) is 0 Å². The van der Waals surface area contributed by atoms with Gasteiger partial charge in [-0.15, -0.1) is 0 Å². The number of rotatable bonds is 3. The van der Waals surface area contributed by atoms with Gasteiger partial charge < -0.3 is 15.0 Å². The number of ether oxygens (including phenoxy) is 1. The number of hydrogen-bond donors (Lipinski definition) is 1. The summed E-state index contributed by atoms with van der Waals surface area (Å²) in [4.78, 5) is 2.08. The van der Waals surface area contributed by atoms with Gasteiger partial charge in [-0.05, 0) is 38.1 Å². The molecule has 0 spiro atoms. The summed E-state index contributed by atoms with van der Waals surface area (Å²) in [5, 5.41) is 3.03. The first-order valence-electron chi connectivity index (χ1n) is 6.50. The summed E-state index contributed by atoms with van der Waals surface area (Å²) in [5.74, 6) is -0.142. The first-order chi connectivity index (χ1) is 8.70. The summed E-state index contributed by atoms with van der Waals surface area (Å²) in [5.41, 5.74) is 1.66. The van der Waals surface area contributed by atoms with Crippen molar-refractivity contribution >= 4 is 5.69 Å². The Labute approximate surface area is 108 Å². The number of hydrogen-bond acceptors (Lipinski definition) is 3. The van der Waals surface area contributed by atoms with E-state index in [9.17, 15) is 4.39 Å². The van der Waals surface area contributed by atoms with Gasteiger partial charge in [0.25, 0.3) is 0 Å². The van der Waals surface area contributed by atoms with E-state index in [0.29, 0.717) is 12.2 Å². The molecule has 0 radical (unpaired) electrons. The number of nitrogens with one attached hydrogen (secondary N) is 1. The first kappa shape index (κ1) is 13.3. The molecule has 2 rings (SSSR count). The Balaban J connectivity index is 2.16. The lowest BCUT2D eigenvalue weighted by molar-refractivity contribution is 0.0820. The molecule has 1 unspecified atom stereocenters. The van der Waals surface area contributed by atoms with Gasteiger partial charge in [-0.1, -0.05) is 6.07 Å². The zero-order chi connectivity index (χ0) is 13.0. The minimum atomic E-state index is -0.142. The van der Waals surface area contributed by atoms with Crippen molar-refractivity contribution in [3.63, 3.8) is 0 Å². The van der Waals surface area contributed by atoms with Crippen molar-refractivity contribution in [1.29, 1.82) is 0 Å². The van der Waals surface area contributed by atoms with Gasteiger partial charge in [0.05, 0.1) is 11.8 Å². The van der Waals surface area contributed by atoms with Crippen LogP contribution in [0.25, 0.3) is 0 Å². The monoisotopic (exact) mass is 252 g/mol. The summed E-state index contributed by atoms with van der Waals surface area (Å²) in [6.45, 7) is 5.09. The van der Waals surface area contributed by atoms with Gasteiger partial charge in [-0.2, -0.15) is 0 Å². The highest BCUT2D eigenvalue weighted by Gasteiger charge is 2.18. The molecule has 1 aliphatic heterocycles. The largest absolute Gasteiger partial charge is 0.377 e. The van der Waals surface area contributed by atoms with E-state index >= 15 is 0 Å². The minimum Gasteiger partial charge on any atom is -0.377 e. The Morgan fingerprint density at radius 2 is 2.33 bits per heavy atom. The van der Waals surface area contributed by atoms with Gasteiger partial charge >= 0.3 is 0 Å². The molecule has 4 heteroatoms. The van der Waals surface area contributed by atoms with Gasteiger partial charge in [0.1, 0.15) is 5.82 Å². The standard InChI is InChI=1S/C14H21FN2O/c1-11-10-17(6-3-7-18-11)14-5-4-12(9-16-2)8-13(14)15/h4-5,8,11,16H,3,6-7,9-10H2,1-2H3. The summed E-state index contributed by atoms with van der Waals surface area (Å²) in [7, 11) is 1.86. The zero-order valence-electron chi connectivity index (χ0n) is 11.1. The van der Waals surface area contributed by atoms with E-state index in [4.69, 9.17) is 4.74 Å². The molecule has 1 aromatic rings. The van der Waals surface area contributed by atoms with Gasteiger partial charge in [0, 0.05) is 26.2 Å². The van der Waals surface area contributed by atoms with Crippen molar-refractivity contribution in [1.82, 2.24) is 5.32 Å². The molecule has 3 nitrogen and oxygen atoms in total. The van der Waals surface area contributed by atoms with Crippen molar-refractivity contribution in [2.24, 2.45) is 0 Å². The molecule has 0 aliphatic carbocycles. The Bertz CT molecular complexity index is 397. The molecule has 1 heterocycles. The second-order valence-corrected chi connectivity index (χ2v) is 4.80. The maximum absolute atomic E-state index is 14.1. The van der Waals surface area contributed by atoms with E-state index in [1.165, 1.54) is 0 Å². The SMILES string of the molecule is CNCc1ccc(N2CCCOC(C)C2)c(F)c1. The summed E-state index contributed by atoms with van der Waals surface area (Å²) < 4.78 is 19.7. The highest BCUT2D eigenvalue weighted by atomic mass is 19.1. The van der Waals surface area contributed by atoms with Crippen molar-refractivity contribution in [3.05, 3.63) is 29.6 Å². The normalized spacial score (nSPS) is 20.8. The second-order valence-electron chi connectivity index (χ2n) is 4.80. The highest BCUT2D eigenvalue weighted by molar-refractivity contribution is 5.49. The Kier molecular flexibility index (Phi) is 4.55. The topological polar surface area (TPSA) is 24.5 Å². The molecule has 1 fully saturated rings. The predicted octanol–water partition coefficient (Wildman–Crippen LogP) is 2.16. The van der Waals surface area contributed by atoms with Gasteiger partial charge in [-0.3, -0.25) is 0 Å². The molecule has 1 atom stereocenters. The molecule has 18 heavy (non-hydrogen) atoms. The van der Waals surface area contributed by atoms with Crippen LogP contribution in [0.1, 0.15) is 18.9 Å². The lowest BCUT2D eigenvalue weighted by Gasteiger charge is -2.25. The highest BCUT2D eigenvalue weighted by Crippen LogP contribution is 2.22. The van der Waals surface area contributed by atoms with Crippen LogP contribution < -0.4 is 10.2 Å². The van der Waals surface area contributed by atoms with Crippen LogP contribution in [-0.2, 0) is 11.3 Å². The van der Waals surface area contributed by atoms with Crippen LogP contribution >= 0.6 is 0 Å². The van der Waals surface area contributed by atoms with Crippen LogP contribution in [0, 0.1) is 5.82 Å². The van der Waals surface area contributed by atoms with E-state index in [1.807, 2.05) is 26.1 Å². The van der Waals surface area contributed by atoms with Crippen LogP contribution in [0.15, 0.2) is 18.2 Å². The smallest absolute Gasteiger partial charge is 0.146 e. The van der Waals surface area contributed by atoms with Crippen molar-refractivity contribution in [2.75, 3.05) is 31.6 Å². The minimum absolute atomic E-state index is 0.142. The Hall–Kier alpha value is -1.13. The number of benzene rings is 1. The quantitative estimate of drug-likeness (QED) is 0.892. The van der Waals surface area contributed by atoms with E-state index in [2.05, 4.69) is 10.2 Å². The molecule has 100 valence electrons. The number of anilines is 1. The second kappa shape index (κ2) is 6.16. The first-order valence-corrected chi connectivity index (χ1v) is 6.50. The van der Waals surface area contributed by atoms with Crippen LogP contribution in [0.4, 0.5) is 10.1 Å². The van der Waals surface area contributed by atoms with Crippen LogP contribution in [0.3, 0.4) is 0 Å². The molecule has 1 aromatic carbocycles. The fraction of sp³-hybridized carbons (Fsp3) is 0.571. The van der Waals surface area contributed by atoms with Crippen LogP contribution in [0.2, 0.25) is 0 Å². The fourth-order valence-electron chi connectivity index (χ4n) is 2.33. The van der Waals surface area contributed by atoms with E-state index < -0.39 is 0 Å². The van der Waals surface area contributed by atoms with Crippen molar-refractivity contribution < 1.29 is 9.13 Å². The molecule has 1 aliphatic rings. The lowest BCUT2D eigenvalue weighted by atomic mass is 10.1. The summed E-state index contributed by atoms with van der Waals surface area (Å²) in [6.07, 6.45) is 1.10. The molecular weight excluding hydrogens is 231 g/mol. The van der Waals surface area contributed by atoms with Crippen LogP contribution in [-0.4, -0.2) is 32.8 Å². The average Bonchev–Trinajstić information content (AvgIpc) is 2.54. The predicted molar refractivity (Wildman–Crippen MR) is 71.4 cm³/mol. The molecule has 0 bridgehead atoms. The van der Waals surface area contributed by atoms with E-state index in [0.717, 1.165) is 31.7 Å². The molecule has 0 saturated carbocycles. The van der Waals surface area contributed by atoms with Crippen molar-refractivity contribution in [2.45, 2.75) is 26.0 Å².